The molecule has 0 amide bonds. The molecule has 0 radical (unpaired) electrons. The summed E-state index contributed by atoms with van der Waals surface area (Å²) in [5.41, 5.74) is 1.04. The summed E-state index contributed by atoms with van der Waals surface area (Å²) in [6, 6.07) is 0.378. The minimum Gasteiger partial charge on any atom is -0.383 e. The maximum atomic E-state index is 5.24. The minimum atomic E-state index is 0.378. The highest BCUT2D eigenvalue weighted by atomic mass is 16.5. The second-order valence-corrected chi connectivity index (χ2v) is 3.76. The zero-order valence-corrected chi connectivity index (χ0v) is 10.1. The summed E-state index contributed by atoms with van der Waals surface area (Å²) in [7, 11) is 3.64. The van der Waals surface area contributed by atoms with Gasteiger partial charge in [-0.15, -0.1) is 0 Å². The first-order valence-corrected chi connectivity index (χ1v) is 5.45. The van der Waals surface area contributed by atoms with E-state index in [0.717, 1.165) is 31.1 Å². The Bertz CT molecular complexity index is 290. The largest absolute Gasteiger partial charge is 0.383 e. The Kier molecular flexibility index (Phi) is 4.62. The van der Waals surface area contributed by atoms with Crippen molar-refractivity contribution in [2.45, 2.75) is 32.7 Å². The van der Waals surface area contributed by atoms with E-state index in [9.17, 15) is 0 Å². The molecule has 1 N–H and O–H groups in total. The molecule has 0 aliphatic carbocycles. The number of imidazole rings is 1. The lowest BCUT2D eigenvalue weighted by Gasteiger charge is -2.19. The fourth-order valence-corrected chi connectivity index (χ4v) is 1.81. The number of hydrogen-bond donors (Lipinski definition) is 1. The van der Waals surface area contributed by atoms with Crippen LogP contribution in [0.2, 0.25) is 0 Å². The van der Waals surface area contributed by atoms with Gasteiger partial charge in [0.05, 0.1) is 18.3 Å². The summed E-state index contributed by atoms with van der Waals surface area (Å²) in [4.78, 5) is 4.41. The number of nitrogens with zero attached hydrogens (tertiary/aromatic N) is 2. The van der Waals surface area contributed by atoms with E-state index < -0.39 is 0 Å². The third-order valence-corrected chi connectivity index (χ3v) is 2.45. The molecule has 1 heterocycles. The van der Waals surface area contributed by atoms with Crippen molar-refractivity contribution in [3.05, 3.63) is 11.9 Å². The maximum Gasteiger partial charge on any atom is 0.203 e. The molecule has 0 saturated heterocycles. The molecular formula is C11H21N3O. The van der Waals surface area contributed by atoms with Crippen LogP contribution < -0.4 is 5.32 Å². The van der Waals surface area contributed by atoms with Gasteiger partial charge in [0, 0.05) is 20.4 Å². The molecule has 15 heavy (non-hydrogen) atoms. The Morgan fingerprint density at radius 3 is 2.87 bits per heavy atom. The van der Waals surface area contributed by atoms with Gasteiger partial charge >= 0.3 is 0 Å². The number of anilines is 1. The van der Waals surface area contributed by atoms with Gasteiger partial charge in [-0.1, -0.05) is 13.3 Å². The van der Waals surface area contributed by atoms with Crippen LogP contribution in [0, 0.1) is 6.92 Å². The fourth-order valence-electron chi connectivity index (χ4n) is 1.81. The molecule has 86 valence electrons. The summed E-state index contributed by atoms with van der Waals surface area (Å²) >= 11 is 0. The summed E-state index contributed by atoms with van der Waals surface area (Å²) in [6.45, 7) is 4.93. The Morgan fingerprint density at radius 2 is 2.33 bits per heavy atom. The molecule has 1 aromatic heterocycles. The van der Waals surface area contributed by atoms with Crippen molar-refractivity contribution in [3.8, 4) is 0 Å². The second-order valence-electron chi connectivity index (χ2n) is 3.76. The van der Waals surface area contributed by atoms with Crippen LogP contribution in [0.3, 0.4) is 0 Å². The maximum absolute atomic E-state index is 5.24. The van der Waals surface area contributed by atoms with Crippen molar-refractivity contribution in [2.24, 2.45) is 0 Å². The van der Waals surface area contributed by atoms with E-state index >= 15 is 0 Å². The number of nitrogens with one attached hydrogen (secondary N) is 1. The molecular weight excluding hydrogens is 190 g/mol. The van der Waals surface area contributed by atoms with E-state index in [1.165, 1.54) is 0 Å². The normalized spacial score (nSPS) is 12.8. The molecule has 4 heteroatoms. The monoisotopic (exact) mass is 211 g/mol. The van der Waals surface area contributed by atoms with Gasteiger partial charge in [-0.05, 0) is 13.3 Å². The van der Waals surface area contributed by atoms with Gasteiger partial charge in [0.15, 0.2) is 0 Å². The molecule has 1 unspecified atom stereocenters. The molecule has 0 saturated carbocycles. The van der Waals surface area contributed by atoms with Crippen molar-refractivity contribution in [1.82, 2.24) is 9.55 Å². The lowest BCUT2D eigenvalue weighted by Crippen LogP contribution is -2.16. The van der Waals surface area contributed by atoms with Crippen LogP contribution in [-0.4, -0.2) is 30.3 Å². The lowest BCUT2D eigenvalue weighted by atomic mass is 10.2. The number of hydrogen-bond acceptors (Lipinski definition) is 3. The van der Waals surface area contributed by atoms with Gasteiger partial charge in [0.2, 0.25) is 5.95 Å². The molecule has 1 aromatic rings. The lowest BCUT2D eigenvalue weighted by molar-refractivity contribution is 0.151. The van der Waals surface area contributed by atoms with Crippen LogP contribution >= 0.6 is 0 Å². The second kappa shape index (κ2) is 5.75. The highest BCUT2D eigenvalue weighted by Gasteiger charge is 2.14. The zero-order valence-electron chi connectivity index (χ0n) is 10.1. The molecule has 4 nitrogen and oxygen atoms in total. The van der Waals surface area contributed by atoms with E-state index in [-0.39, 0.29) is 0 Å². The molecule has 0 spiro atoms. The Balaban J connectivity index is 2.87. The number of aromatic nitrogens is 2. The van der Waals surface area contributed by atoms with Gasteiger partial charge in [-0.25, -0.2) is 4.98 Å². The average Bonchev–Trinajstić information content (AvgIpc) is 2.59. The predicted molar refractivity (Wildman–Crippen MR) is 62.3 cm³/mol. The molecule has 0 aliphatic heterocycles. The Hall–Kier alpha value is -1.03. The zero-order chi connectivity index (χ0) is 11.3. The van der Waals surface area contributed by atoms with E-state index in [4.69, 9.17) is 4.74 Å². The summed E-state index contributed by atoms with van der Waals surface area (Å²) in [6.07, 6.45) is 4.33. The minimum absolute atomic E-state index is 0.378. The van der Waals surface area contributed by atoms with Crippen molar-refractivity contribution < 1.29 is 4.74 Å². The van der Waals surface area contributed by atoms with Crippen molar-refractivity contribution in [1.29, 1.82) is 0 Å². The molecule has 0 fully saturated rings. The van der Waals surface area contributed by atoms with Gasteiger partial charge in [0.25, 0.3) is 0 Å². The van der Waals surface area contributed by atoms with Crippen LogP contribution in [0.4, 0.5) is 5.95 Å². The van der Waals surface area contributed by atoms with Gasteiger partial charge < -0.3 is 14.6 Å². The quantitative estimate of drug-likeness (QED) is 0.784. The van der Waals surface area contributed by atoms with Gasteiger partial charge in [-0.3, -0.25) is 0 Å². The topological polar surface area (TPSA) is 39.1 Å². The van der Waals surface area contributed by atoms with Crippen LogP contribution in [0.25, 0.3) is 0 Å². The van der Waals surface area contributed by atoms with E-state index in [0.29, 0.717) is 6.04 Å². The first-order chi connectivity index (χ1) is 7.22. The van der Waals surface area contributed by atoms with Crippen LogP contribution in [0.5, 0.6) is 0 Å². The first-order valence-electron chi connectivity index (χ1n) is 5.45. The molecule has 0 bridgehead atoms. The number of methoxy groups -OCH3 is 1. The smallest absolute Gasteiger partial charge is 0.203 e. The van der Waals surface area contributed by atoms with Gasteiger partial charge in [0.1, 0.15) is 0 Å². The highest BCUT2D eigenvalue weighted by molar-refractivity contribution is 5.28. The summed E-state index contributed by atoms with van der Waals surface area (Å²) in [5.74, 6) is 0.919. The average molecular weight is 211 g/mol. The van der Waals surface area contributed by atoms with Crippen molar-refractivity contribution in [2.75, 3.05) is 26.1 Å². The molecule has 1 rings (SSSR count). The number of ether oxygens (including phenoxy) is 1. The van der Waals surface area contributed by atoms with Gasteiger partial charge in [-0.2, -0.15) is 0 Å². The number of rotatable bonds is 6. The first kappa shape index (κ1) is 12.0. The SMILES string of the molecule is CCCC(COC)n1cc(C)nc1NC. The predicted octanol–water partition coefficient (Wildman–Crippen LogP) is 2.22. The summed E-state index contributed by atoms with van der Waals surface area (Å²) < 4.78 is 7.41. The third-order valence-electron chi connectivity index (χ3n) is 2.45. The number of aryl methyl sites for hydroxylation is 1. The highest BCUT2D eigenvalue weighted by Crippen LogP contribution is 2.20. The van der Waals surface area contributed by atoms with Crippen LogP contribution in [-0.2, 0) is 4.74 Å². The van der Waals surface area contributed by atoms with Crippen LogP contribution in [0.15, 0.2) is 6.20 Å². The van der Waals surface area contributed by atoms with E-state index in [1.54, 1.807) is 7.11 Å². The van der Waals surface area contributed by atoms with Crippen LogP contribution in [0.1, 0.15) is 31.5 Å². The molecule has 1 atom stereocenters. The Labute approximate surface area is 91.7 Å². The molecule has 0 aliphatic rings. The van der Waals surface area contributed by atoms with Crippen molar-refractivity contribution >= 4 is 5.95 Å². The van der Waals surface area contributed by atoms with E-state index in [1.807, 2.05) is 14.0 Å². The summed E-state index contributed by atoms with van der Waals surface area (Å²) in [5, 5.41) is 3.11. The third kappa shape index (κ3) is 2.96. The fraction of sp³-hybridized carbons (Fsp3) is 0.727. The molecule has 0 aromatic carbocycles. The Morgan fingerprint density at radius 1 is 1.60 bits per heavy atom. The van der Waals surface area contributed by atoms with E-state index in [2.05, 4.69) is 28.0 Å². The van der Waals surface area contributed by atoms with Crippen molar-refractivity contribution in [3.63, 3.8) is 0 Å². The standard InChI is InChI=1S/C11H21N3O/c1-5-6-10(8-15-4)14-7-9(2)13-11(14)12-3/h7,10H,5-6,8H2,1-4H3,(H,12,13).